The van der Waals surface area contributed by atoms with E-state index in [1.54, 1.807) is 41.8 Å². The molecule has 2 N–H and O–H groups in total. The third kappa shape index (κ3) is 3.87. The van der Waals surface area contributed by atoms with E-state index in [1.807, 2.05) is 49.4 Å². The molecule has 0 aliphatic carbocycles. The molecular weight excluding hydrogens is 364 g/mol. The van der Waals surface area contributed by atoms with Gasteiger partial charge in [0.1, 0.15) is 5.82 Å². The van der Waals surface area contributed by atoms with Crippen LogP contribution in [0.1, 0.15) is 11.4 Å². The number of hydrogen-bond acceptors (Lipinski definition) is 3. The second-order valence-electron chi connectivity index (χ2n) is 6.81. The van der Waals surface area contributed by atoms with Crippen molar-refractivity contribution in [1.29, 1.82) is 0 Å². The minimum Gasteiger partial charge on any atom is -0.308 e. The number of benzene rings is 3. The maximum Gasteiger partial charge on any atom is 0.323 e. The summed E-state index contributed by atoms with van der Waals surface area (Å²) in [5.41, 5.74) is 3.66. The Bertz CT molecular complexity index is 1260. The van der Waals surface area contributed by atoms with E-state index in [1.165, 1.54) is 0 Å². The summed E-state index contributed by atoms with van der Waals surface area (Å²) in [5.74, 6) is 0.603. The van der Waals surface area contributed by atoms with Gasteiger partial charge in [-0.2, -0.15) is 0 Å². The second kappa shape index (κ2) is 7.59. The molecule has 0 aliphatic heterocycles. The predicted octanol–water partition coefficient (Wildman–Crippen LogP) is 4.65. The summed E-state index contributed by atoms with van der Waals surface area (Å²) >= 11 is 0. The molecular formula is C23H20N4O2. The minimum atomic E-state index is -0.330. The molecule has 0 spiro atoms. The van der Waals surface area contributed by atoms with Gasteiger partial charge in [0, 0.05) is 11.4 Å². The van der Waals surface area contributed by atoms with Crippen LogP contribution < -0.4 is 16.2 Å². The fraction of sp³-hybridized carbons (Fsp3) is 0.0870. The summed E-state index contributed by atoms with van der Waals surface area (Å²) in [5, 5.41) is 6.16. The Morgan fingerprint density at radius 1 is 0.862 bits per heavy atom. The van der Waals surface area contributed by atoms with E-state index < -0.39 is 0 Å². The molecule has 4 rings (SSSR count). The van der Waals surface area contributed by atoms with E-state index in [0.717, 1.165) is 11.3 Å². The normalized spacial score (nSPS) is 10.7. The van der Waals surface area contributed by atoms with Crippen molar-refractivity contribution in [2.75, 3.05) is 10.6 Å². The van der Waals surface area contributed by atoms with Gasteiger partial charge in [-0.15, -0.1) is 0 Å². The number of nitrogens with one attached hydrogen (secondary N) is 2. The van der Waals surface area contributed by atoms with Gasteiger partial charge in [-0.05, 0) is 67.9 Å². The van der Waals surface area contributed by atoms with Gasteiger partial charge in [0.25, 0.3) is 5.56 Å². The molecule has 144 valence electrons. The van der Waals surface area contributed by atoms with Gasteiger partial charge in [0.05, 0.1) is 16.6 Å². The van der Waals surface area contributed by atoms with Crippen LogP contribution in [-0.2, 0) is 0 Å². The zero-order valence-electron chi connectivity index (χ0n) is 16.1. The van der Waals surface area contributed by atoms with Gasteiger partial charge in [0.15, 0.2) is 0 Å². The number of para-hydroxylation sites is 1. The first kappa shape index (κ1) is 18.4. The first-order valence-corrected chi connectivity index (χ1v) is 9.25. The summed E-state index contributed by atoms with van der Waals surface area (Å²) in [6.45, 7) is 3.77. The van der Waals surface area contributed by atoms with Crippen molar-refractivity contribution in [2.45, 2.75) is 13.8 Å². The van der Waals surface area contributed by atoms with E-state index >= 15 is 0 Å². The van der Waals surface area contributed by atoms with E-state index in [2.05, 4.69) is 15.6 Å². The number of rotatable bonds is 3. The number of nitrogens with zero attached hydrogens (tertiary/aromatic N) is 2. The van der Waals surface area contributed by atoms with E-state index in [4.69, 9.17) is 0 Å². The molecule has 6 heteroatoms. The molecule has 6 nitrogen and oxygen atoms in total. The Hall–Kier alpha value is -3.93. The average molecular weight is 384 g/mol. The van der Waals surface area contributed by atoms with Gasteiger partial charge in [-0.25, -0.2) is 9.78 Å². The molecule has 0 bridgehead atoms. The summed E-state index contributed by atoms with van der Waals surface area (Å²) in [6, 6.07) is 21.6. The van der Waals surface area contributed by atoms with Crippen LogP contribution in [0.4, 0.5) is 16.2 Å². The molecule has 0 unspecified atom stereocenters. The molecule has 1 heterocycles. The topological polar surface area (TPSA) is 76.0 Å². The molecule has 0 aliphatic rings. The third-order valence-electron chi connectivity index (χ3n) is 4.60. The Balaban J connectivity index is 1.56. The van der Waals surface area contributed by atoms with Crippen molar-refractivity contribution in [3.63, 3.8) is 0 Å². The Morgan fingerprint density at radius 3 is 2.34 bits per heavy atom. The molecule has 4 aromatic rings. The summed E-state index contributed by atoms with van der Waals surface area (Å²) in [4.78, 5) is 29.6. The van der Waals surface area contributed by atoms with Crippen LogP contribution in [0.3, 0.4) is 0 Å². The number of anilines is 2. The largest absolute Gasteiger partial charge is 0.323 e. The van der Waals surface area contributed by atoms with Crippen molar-refractivity contribution < 1.29 is 4.79 Å². The van der Waals surface area contributed by atoms with Gasteiger partial charge < -0.3 is 10.6 Å². The molecule has 0 radical (unpaired) electrons. The molecule has 3 aromatic carbocycles. The highest BCUT2D eigenvalue weighted by Gasteiger charge is 2.10. The number of amides is 2. The maximum atomic E-state index is 12.9. The van der Waals surface area contributed by atoms with Crippen molar-refractivity contribution in [3.05, 3.63) is 94.5 Å². The zero-order valence-corrected chi connectivity index (χ0v) is 16.1. The lowest BCUT2D eigenvalue weighted by Crippen LogP contribution is -2.22. The number of aryl methyl sites for hydroxylation is 2. The highest BCUT2D eigenvalue weighted by molar-refractivity contribution is 5.99. The Kier molecular flexibility index (Phi) is 4.83. The first-order chi connectivity index (χ1) is 14.0. The maximum absolute atomic E-state index is 12.9. The van der Waals surface area contributed by atoms with Crippen LogP contribution in [0.2, 0.25) is 0 Å². The highest BCUT2D eigenvalue weighted by atomic mass is 16.2. The molecule has 0 fully saturated rings. The first-order valence-electron chi connectivity index (χ1n) is 9.25. The number of hydrogen-bond donors (Lipinski definition) is 2. The SMILES string of the molecule is Cc1cccc(NC(=O)Nc2ccc(-n3c(C)nc4ccccc4c3=O)cc2)c1. The van der Waals surface area contributed by atoms with Crippen LogP contribution in [0, 0.1) is 13.8 Å². The van der Waals surface area contributed by atoms with Gasteiger partial charge in [-0.3, -0.25) is 9.36 Å². The van der Waals surface area contributed by atoms with Crippen LogP contribution in [0.15, 0.2) is 77.6 Å². The smallest absolute Gasteiger partial charge is 0.308 e. The lowest BCUT2D eigenvalue weighted by atomic mass is 10.2. The van der Waals surface area contributed by atoms with Crippen LogP contribution >= 0.6 is 0 Å². The number of carbonyl (C=O) groups excluding carboxylic acids is 1. The summed E-state index contributed by atoms with van der Waals surface area (Å²) in [7, 11) is 0. The fourth-order valence-electron chi connectivity index (χ4n) is 3.26. The van der Waals surface area contributed by atoms with Gasteiger partial charge in [0.2, 0.25) is 0 Å². The minimum absolute atomic E-state index is 0.119. The molecule has 0 saturated heterocycles. The lowest BCUT2D eigenvalue weighted by molar-refractivity contribution is 0.262. The zero-order chi connectivity index (χ0) is 20.4. The quantitative estimate of drug-likeness (QED) is 0.540. The standard InChI is InChI=1S/C23H20N4O2/c1-15-6-5-7-18(14-15)26-23(29)25-17-10-12-19(13-11-17)27-16(2)24-21-9-4-3-8-20(21)22(27)28/h3-14H,1-2H3,(H2,25,26,29). The van der Waals surface area contributed by atoms with Crippen LogP contribution in [0.25, 0.3) is 16.6 Å². The molecule has 2 amide bonds. The van der Waals surface area contributed by atoms with Crippen molar-refractivity contribution >= 4 is 28.3 Å². The molecule has 1 aromatic heterocycles. The van der Waals surface area contributed by atoms with Crippen molar-refractivity contribution in [1.82, 2.24) is 9.55 Å². The third-order valence-corrected chi connectivity index (χ3v) is 4.60. The number of aromatic nitrogens is 2. The Morgan fingerprint density at radius 2 is 1.59 bits per heavy atom. The van der Waals surface area contributed by atoms with Gasteiger partial charge in [-0.1, -0.05) is 24.3 Å². The van der Waals surface area contributed by atoms with Crippen molar-refractivity contribution in [3.8, 4) is 5.69 Å². The summed E-state index contributed by atoms with van der Waals surface area (Å²) < 4.78 is 1.57. The van der Waals surface area contributed by atoms with Crippen LogP contribution in [0.5, 0.6) is 0 Å². The van der Waals surface area contributed by atoms with Crippen LogP contribution in [-0.4, -0.2) is 15.6 Å². The number of urea groups is 1. The monoisotopic (exact) mass is 384 g/mol. The second-order valence-corrected chi connectivity index (χ2v) is 6.81. The average Bonchev–Trinajstić information content (AvgIpc) is 2.69. The van der Waals surface area contributed by atoms with E-state index in [9.17, 15) is 9.59 Å². The fourth-order valence-corrected chi connectivity index (χ4v) is 3.26. The molecule has 0 saturated carbocycles. The number of carbonyl (C=O) groups is 1. The van der Waals surface area contributed by atoms with Gasteiger partial charge >= 0.3 is 6.03 Å². The van der Waals surface area contributed by atoms with Crippen molar-refractivity contribution in [2.24, 2.45) is 0 Å². The molecule has 29 heavy (non-hydrogen) atoms. The molecule has 0 atom stereocenters. The highest BCUT2D eigenvalue weighted by Crippen LogP contribution is 2.16. The van der Waals surface area contributed by atoms with E-state index in [0.29, 0.717) is 28.1 Å². The summed E-state index contributed by atoms with van der Waals surface area (Å²) in [6.07, 6.45) is 0. The predicted molar refractivity (Wildman–Crippen MR) is 116 cm³/mol. The number of fused-ring (bicyclic) bond motifs is 1. The Labute approximate surface area is 167 Å². The van der Waals surface area contributed by atoms with E-state index in [-0.39, 0.29) is 11.6 Å². The lowest BCUT2D eigenvalue weighted by Gasteiger charge is -2.12.